The highest BCUT2D eigenvalue weighted by atomic mass is 32.1. The van der Waals surface area contributed by atoms with Crippen LogP contribution in [0.5, 0.6) is 0 Å². The minimum absolute atomic E-state index is 0.303. The van der Waals surface area contributed by atoms with Gasteiger partial charge in [0.15, 0.2) is 0 Å². The number of hydrogen-bond acceptors (Lipinski definition) is 6. The molecule has 0 atom stereocenters. The molecule has 4 rings (SSSR count). The third kappa shape index (κ3) is 3.47. The summed E-state index contributed by atoms with van der Waals surface area (Å²) in [4.78, 5) is 21.6. The number of benzene rings is 1. The second-order valence-electron chi connectivity index (χ2n) is 5.69. The van der Waals surface area contributed by atoms with Crippen LogP contribution in [0.2, 0.25) is 0 Å². The summed E-state index contributed by atoms with van der Waals surface area (Å²) in [6, 6.07) is 13.1. The number of pyridine rings is 1. The number of nitrogens with zero attached hydrogens (tertiary/aromatic N) is 5. The van der Waals surface area contributed by atoms with Gasteiger partial charge in [-0.1, -0.05) is 48.6 Å². The first-order valence-electron chi connectivity index (χ1n) is 8.43. The molecule has 0 saturated heterocycles. The molecule has 7 nitrogen and oxygen atoms in total. The van der Waals surface area contributed by atoms with Crippen molar-refractivity contribution in [2.45, 2.75) is 13.3 Å². The highest BCUT2D eigenvalue weighted by molar-refractivity contribution is 7.16. The Morgan fingerprint density at radius 3 is 2.74 bits per heavy atom. The zero-order chi connectivity index (χ0) is 18.6. The summed E-state index contributed by atoms with van der Waals surface area (Å²) in [5.41, 5.74) is 5.50. The van der Waals surface area contributed by atoms with Gasteiger partial charge in [0.05, 0.1) is 6.21 Å². The third-order valence-corrected chi connectivity index (χ3v) is 4.98. The summed E-state index contributed by atoms with van der Waals surface area (Å²) in [5, 5.41) is 9.71. The molecule has 0 spiro atoms. The molecule has 1 N–H and O–H groups in total. The van der Waals surface area contributed by atoms with E-state index in [-0.39, 0.29) is 5.91 Å². The van der Waals surface area contributed by atoms with E-state index in [2.05, 4.69) is 27.5 Å². The van der Waals surface area contributed by atoms with Gasteiger partial charge in [-0.3, -0.25) is 9.78 Å². The number of aryl methyl sites for hydroxylation is 1. The quantitative estimate of drug-likeness (QED) is 0.428. The average molecular weight is 376 g/mol. The molecule has 0 aliphatic rings. The number of aromatic nitrogens is 4. The SMILES string of the molecule is CCc1nn2c(/C=N/NC(=O)c3ccncc3)c(-c3ccccc3)nc2s1. The number of amides is 1. The maximum absolute atomic E-state index is 12.2. The fourth-order valence-corrected chi connectivity index (χ4v) is 3.43. The number of nitrogens with one attached hydrogen (secondary N) is 1. The van der Waals surface area contributed by atoms with Crippen molar-refractivity contribution in [3.05, 3.63) is 71.1 Å². The van der Waals surface area contributed by atoms with Crippen molar-refractivity contribution in [2.75, 3.05) is 0 Å². The first-order chi connectivity index (χ1) is 13.3. The maximum Gasteiger partial charge on any atom is 0.271 e. The first-order valence-corrected chi connectivity index (χ1v) is 9.25. The van der Waals surface area contributed by atoms with Gasteiger partial charge in [-0.2, -0.15) is 10.2 Å². The normalized spacial score (nSPS) is 11.3. The van der Waals surface area contributed by atoms with E-state index in [0.717, 1.165) is 33.3 Å². The number of fused-ring (bicyclic) bond motifs is 1. The van der Waals surface area contributed by atoms with E-state index in [1.54, 1.807) is 46.6 Å². The van der Waals surface area contributed by atoms with Crippen LogP contribution < -0.4 is 5.43 Å². The molecule has 0 unspecified atom stereocenters. The summed E-state index contributed by atoms with van der Waals surface area (Å²) >= 11 is 1.55. The Kier molecular flexibility index (Phi) is 4.71. The standard InChI is InChI=1S/C19H16N6OS/c1-2-16-24-25-15(12-21-23-18(26)14-8-10-20-11-9-14)17(22-19(25)27-16)13-6-4-3-5-7-13/h3-12H,2H2,1H3,(H,23,26)/b21-12+. The van der Waals surface area contributed by atoms with E-state index in [1.165, 1.54) is 0 Å². The van der Waals surface area contributed by atoms with E-state index in [4.69, 9.17) is 4.98 Å². The van der Waals surface area contributed by atoms with E-state index in [1.807, 2.05) is 30.3 Å². The predicted octanol–water partition coefficient (Wildman–Crippen LogP) is 3.18. The minimum atomic E-state index is -0.303. The molecule has 0 aliphatic carbocycles. The van der Waals surface area contributed by atoms with Crippen LogP contribution in [0.3, 0.4) is 0 Å². The van der Waals surface area contributed by atoms with Crippen LogP contribution in [0.4, 0.5) is 0 Å². The topological polar surface area (TPSA) is 84.5 Å². The number of imidazole rings is 1. The highest BCUT2D eigenvalue weighted by Gasteiger charge is 2.16. The van der Waals surface area contributed by atoms with Crippen LogP contribution in [0.15, 0.2) is 60.0 Å². The summed E-state index contributed by atoms with van der Waals surface area (Å²) in [5.74, 6) is -0.303. The van der Waals surface area contributed by atoms with Gasteiger partial charge in [0.25, 0.3) is 5.91 Å². The predicted molar refractivity (Wildman–Crippen MR) is 105 cm³/mol. The molecule has 4 aromatic rings. The molecule has 0 aliphatic heterocycles. The molecule has 27 heavy (non-hydrogen) atoms. The largest absolute Gasteiger partial charge is 0.271 e. The van der Waals surface area contributed by atoms with Crippen LogP contribution in [0.25, 0.3) is 16.2 Å². The fraction of sp³-hybridized carbons (Fsp3) is 0.105. The summed E-state index contributed by atoms with van der Waals surface area (Å²) < 4.78 is 1.77. The van der Waals surface area contributed by atoms with Gasteiger partial charge in [-0.05, 0) is 18.6 Å². The van der Waals surface area contributed by atoms with E-state index < -0.39 is 0 Å². The molecule has 0 radical (unpaired) electrons. The number of carbonyl (C=O) groups excluding carboxylic acids is 1. The van der Waals surface area contributed by atoms with Gasteiger partial charge in [-0.15, -0.1) is 0 Å². The molecule has 134 valence electrons. The second kappa shape index (κ2) is 7.46. The number of hydrogen-bond donors (Lipinski definition) is 1. The lowest BCUT2D eigenvalue weighted by Crippen LogP contribution is -2.17. The molecule has 3 heterocycles. The second-order valence-corrected chi connectivity index (χ2v) is 6.73. The molecule has 0 bridgehead atoms. The maximum atomic E-state index is 12.2. The Morgan fingerprint density at radius 1 is 1.22 bits per heavy atom. The lowest BCUT2D eigenvalue weighted by atomic mass is 10.1. The monoisotopic (exact) mass is 376 g/mol. The Hall–Kier alpha value is -3.39. The molecular formula is C19H16N6OS. The lowest BCUT2D eigenvalue weighted by molar-refractivity contribution is 0.0955. The van der Waals surface area contributed by atoms with Crippen molar-refractivity contribution in [3.8, 4) is 11.3 Å². The van der Waals surface area contributed by atoms with Gasteiger partial charge in [0, 0.05) is 23.5 Å². The van der Waals surface area contributed by atoms with Crippen LogP contribution >= 0.6 is 11.3 Å². The van der Waals surface area contributed by atoms with Crippen LogP contribution in [-0.4, -0.2) is 31.7 Å². The summed E-state index contributed by atoms with van der Waals surface area (Å²) in [6.45, 7) is 2.05. The van der Waals surface area contributed by atoms with Gasteiger partial charge >= 0.3 is 0 Å². The molecule has 0 fully saturated rings. The number of rotatable bonds is 5. The van der Waals surface area contributed by atoms with Gasteiger partial charge in [0.1, 0.15) is 16.4 Å². The number of hydrazone groups is 1. The van der Waals surface area contributed by atoms with Crippen molar-refractivity contribution < 1.29 is 4.79 Å². The summed E-state index contributed by atoms with van der Waals surface area (Å²) in [6.07, 6.45) is 5.55. The Morgan fingerprint density at radius 2 is 2.00 bits per heavy atom. The lowest BCUT2D eigenvalue weighted by Gasteiger charge is -2.00. The molecule has 1 amide bonds. The molecule has 8 heteroatoms. The Labute approximate surface area is 159 Å². The van der Waals surface area contributed by atoms with E-state index >= 15 is 0 Å². The van der Waals surface area contributed by atoms with Crippen LogP contribution in [-0.2, 0) is 6.42 Å². The van der Waals surface area contributed by atoms with Gasteiger partial charge in [-0.25, -0.2) is 14.9 Å². The van der Waals surface area contributed by atoms with Crippen LogP contribution in [0, 0.1) is 0 Å². The van der Waals surface area contributed by atoms with Gasteiger partial charge in [0.2, 0.25) is 4.96 Å². The van der Waals surface area contributed by atoms with Gasteiger partial charge < -0.3 is 0 Å². The fourth-order valence-electron chi connectivity index (χ4n) is 2.59. The zero-order valence-electron chi connectivity index (χ0n) is 14.5. The molecule has 1 aromatic carbocycles. The molecule has 3 aromatic heterocycles. The highest BCUT2D eigenvalue weighted by Crippen LogP contribution is 2.26. The first kappa shape index (κ1) is 17.0. The smallest absolute Gasteiger partial charge is 0.267 e. The number of carbonyl (C=O) groups is 1. The van der Waals surface area contributed by atoms with Crippen molar-refractivity contribution in [2.24, 2.45) is 5.10 Å². The molecular weight excluding hydrogens is 360 g/mol. The van der Waals surface area contributed by atoms with E-state index in [0.29, 0.717) is 5.56 Å². The minimum Gasteiger partial charge on any atom is -0.267 e. The zero-order valence-corrected chi connectivity index (χ0v) is 15.3. The molecule has 0 saturated carbocycles. The van der Waals surface area contributed by atoms with E-state index in [9.17, 15) is 4.79 Å². The van der Waals surface area contributed by atoms with Crippen LogP contribution in [0.1, 0.15) is 28.0 Å². The van der Waals surface area contributed by atoms with Crippen molar-refractivity contribution in [1.82, 2.24) is 25.0 Å². The average Bonchev–Trinajstić information content (AvgIpc) is 3.27. The Bertz CT molecular complexity index is 1100. The third-order valence-electron chi connectivity index (χ3n) is 3.93. The Balaban J connectivity index is 1.68. The van der Waals surface area contributed by atoms with Crippen molar-refractivity contribution >= 4 is 28.4 Å². The summed E-state index contributed by atoms with van der Waals surface area (Å²) in [7, 11) is 0. The van der Waals surface area contributed by atoms with Crippen molar-refractivity contribution in [1.29, 1.82) is 0 Å². The van der Waals surface area contributed by atoms with Crippen molar-refractivity contribution in [3.63, 3.8) is 0 Å².